The van der Waals surface area contributed by atoms with Gasteiger partial charge >= 0.3 is 0 Å². The number of rotatable bonds is 7. The van der Waals surface area contributed by atoms with Crippen molar-refractivity contribution in [3.63, 3.8) is 0 Å². The predicted molar refractivity (Wildman–Crippen MR) is 73.3 cm³/mol. The zero-order valence-electron chi connectivity index (χ0n) is 11.2. The fourth-order valence-electron chi connectivity index (χ4n) is 1.77. The fraction of sp³-hybridized carbons (Fsp3) is 0.500. The largest absolute Gasteiger partial charge is 0.497 e. The van der Waals surface area contributed by atoms with Gasteiger partial charge in [0, 0.05) is 13.2 Å². The Balaban J connectivity index is 1.73. The summed E-state index contributed by atoms with van der Waals surface area (Å²) in [5.74, 6) is 0.611. The molecule has 1 N–H and O–H groups in total. The molecule has 0 fully saturated rings. The molecule has 104 valence electrons. The lowest BCUT2D eigenvalue weighted by atomic mass is 10.1. The summed E-state index contributed by atoms with van der Waals surface area (Å²) < 4.78 is 15.8. The summed E-state index contributed by atoms with van der Waals surface area (Å²) in [7, 11) is 1.65. The van der Waals surface area contributed by atoms with Gasteiger partial charge in [0.1, 0.15) is 12.7 Å². The second-order valence-electron chi connectivity index (χ2n) is 4.31. The van der Waals surface area contributed by atoms with E-state index < -0.39 is 0 Å². The van der Waals surface area contributed by atoms with Crippen molar-refractivity contribution < 1.29 is 14.2 Å². The molecular weight excluding hydrogens is 244 g/mol. The van der Waals surface area contributed by atoms with Crippen LogP contribution in [0.1, 0.15) is 12.8 Å². The maximum atomic E-state index is 5.49. The second-order valence-corrected chi connectivity index (χ2v) is 4.31. The van der Waals surface area contributed by atoms with Crippen molar-refractivity contribution in [1.82, 2.24) is 4.98 Å². The topological polar surface area (TPSA) is 52.6 Å². The lowest BCUT2D eigenvalue weighted by Gasteiger charge is -2.20. The molecule has 5 nitrogen and oxygen atoms in total. The Labute approximate surface area is 113 Å². The summed E-state index contributed by atoms with van der Waals surface area (Å²) in [5.41, 5.74) is 0.970. The Morgan fingerprint density at radius 1 is 1.42 bits per heavy atom. The Bertz CT molecular complexity index is 392. The molecule has 1 aromatic rings. The van der Waals surface area contributed by atoms with Crippen LogP contribution in [0, 0.1) is 0 Å². The third-order valence-electron chi connectivity index (χ3n) is 2.83. The zero-order valence-corrected chi connectivity index (χ0v) is 11.2. The number of nitrogens with one attached hydrogen (secondary N) is 1. The lowest BCUT2D eigenvalue weighted by molar-refractivity contribution is 0.135. The molecule has 5 heteroatoms. The van der Waals surface area contributed by atoms with Crippen molar-refractivity contribution in [3.05, 3.63) is 30.7 Å². The molecule has 1 aliphatic rings. The molecule has 1 unspecified atom stereocenters. The standard InChI is InChI=1S/C14H20N2O3/c1-17-8-9-19-14-6-5-12(10-16-14)15-11-13-4-2-3-7-18-13/h3,5-7,10,13,15H,2,4,8-9,11H2,1H3. The molecule has 2 rings (SSSR count). The van der Waals surface area contributed by atoms with E-state index >= 15 is 0 Å². The normalized spacial score (nSPS) is 17.8. The van der Waals surface area contributed by atoms with E-state index in [1.807, 2.05) is 18.2 Å². The van der Waals surface area contributed by atoms with E-state index in [2.05, 4.69) is 10.3 Å². The number of pyridine rings is 1. The van der Waals surface area contributed by atoms with Gasteiger partial charge in [0.05, 0.1) is 31.3 Å². The minimum Gasteiger partial charge on any atom is -0.497 e. The molecule has 0 aromatic carbocycles. The van der Waals surface area contributed by atoms with Crippen LogP contribution in [0.15, 0.2) is 30.7 Å². The van der Waals surface area contributed by atoms with E-state index in [0.29, 0.717) is 19.1 Å². The van der Waals surface area contributed by atoms with E-state index in [4.69, 9.17) is 14.2 Å². The van der Waals surface area contributed by atoms with Crippen molar-refractivity contribution in [3.8, 4) is 5.88 Å². The molecule has 0 bridgehead atoms. The van der Waals surface area contributed by atoms with Gasteiger partial charge < -0.3 is 19.5 Å². The van der Waals surface area contributed by atoms with Crippen molar-refractivity contribution >= 4 is 5.69 Å². The number of hydrogen-bond donors (Lipinski definition) is 1. The van der Waals surface area contributed by atoms with E-state index in [1.165, 1.54) is 0 Å². The van der Waals surface area contributed by atoms with Crippen molar-refractivity contribution in [2.45, 2.75) is 18.9 Å². The van der Waals surface area contributed by atoms with Gasteiger partial charge in [-0.1, -0.05) is 0 Å². The van der Waals surface area contributed by atoms with Gasteiger partial charge in [0.25, 0.3) is 0 Å². The van der Waals surface area contributed by atoms with Crippen molar-refractivity contribution in [2.75, 3.05) is 32.2 Å². The predicted octanol–water partition coefficient (Wildman–Crippen LogP) is 2.21. The highest BCUT2D eigenvalue weighted by Crippen LogP contribution is 2.14. The zero-order chi connectivity index (χ0) is 13.3. The summed E-state index contributed by atoms with van der Waals surface area (Å²) in [6, 6.07) is 3.80. The first-order valence-electron chi connectivity index (χ1n) is 6.50. The first kappa shape index (κ1) is 13.7. The van der Waals surface area contributed by atoms with Gasteiger partial charge in [-0.05, 0) is 25.0 Å². The quantitative estimate of drug-likeness (QED) is 0.765. The molecular formula is C14H20N2O3. The summed E-state index contributed by atoms with van der Waals surface area (Å²) >= 11 is 0. The van der Waals surface area contributed by atoms with E-state index in [9.17, 15) is 0 Å². The van der Waals surface area contributed by atoms with Gasteiger partial charge in [0.2, 0.25) is 5.88 Å². The van der Waals surface area contributed by atoms with E-state index in [0.717, 1.165) is 25.1 Å². The molecule has 0 amide bonds. The number of allylic oxidation sites excluding steroid dienone is 1. The average molecular weight is 264 g/mol. The van der Waals surface area contributed by atoms with E-state index in [1.54, 1.807) is 19.6 Å². The van der Waals surface area contributed by atoms with Crippen LogP contribution in [0.4, 0.5) is 5.69 Å². The highest BCUT2D eigenvalue weighted by molar-refractivity contribution is 5.42. The number of ether oxygens (including phenoxy) is 3. The Morgan fingerprint density at radius 2 is 2.37 bits per heavy atom. The molecule has 1 atom stereocenters. The third kappa shape index (κ3) is 4.79. The number of nitrogens with zero attached hydrogens (tertiary/aromatic N) is 1. The number of aromatic nitrogens is 1. The molecule has 0 saturated carbocycles. The lowest BCUT2D eigenvalue weighted by Crippen LogP contribution is -2.23. The van der Waals surface area contributed by atoms with Gasteiger partial charge in [-0.3, -0.25) is 0 Å². The molecule has 19 heavy (non-hydrogen) atoms. The maximum Gasteiger partial charge on any atom is 0.213 e. The van der Waals surface area contributed by atoms with Gasteiger partial charge in [-0.15, -0.1) is 0 Å². The third-order valence-corrected chi connectivity index (χ3v) is 2.83. The first-order chi connectivity index (χ1) is 9.38. The summed E-state index contributed by atoms with van der Waals surface area (Å²) in [6.45, 7) is 1.86. The maximum absolute atomic E-state index is 5.49. The molecule has 0 saturated heterocycles. The summed E-state index contributed by atoms with van der Waals surface area (Å²) in [5, 5.41) is 3.31. The van der Waals surface area contributed by atoms with Crippen LogP contribution in [0.25, 0.3) is 0 Å². The van der Waals surface area contributed by atoms with Crippen LogP contribution in [0.5, 0.6) is 5.88 Å². The summed E-state index contributed by atoms with van der Waals surface area (Å²) in [6.07, 6.45) is 7.96. The molecule has 0 spiro atoms. The molecule has 1 aromatic heterocycles. The summed E-state index contributed by atoms with van der Waals surface area (Å²) in [4.78, 5) is 4.22. The minimum absolute atomic E-state index is 0.239. The van der Waals surface area contributed by atoms with Crippen LogP contribution in [0.3, 0.4) is 0 Å². The minimum atomic E-state index is 0.239. The Hall–Kier alpha value is -1.75. The van der Waals surface area contributed by atoms with E-state index in [-0.39, 0.29) is 6.10 Å². The van der Waals surface area contributed by atoms with Gasteiger partial charge in [0.15, 0.2) is 0 Å². The van der Waals surface area contributed by atoms with Gasteiger partial charge in [-0.25, -0.2) is 4.98 Å². The molecule has 2 heterocycles. The highest BCUT2D eigenvalue weighted by Gasteiger charge is 2.10. The van der Waals surface area contributed by atoms with Crippen LogP contribution in [-0.4, -0.2) is 38.0 Å². The monoisotopic (exact) mass is 264 g/mol. The smallest absolute Gasteiger partial charge is 0.213 e. The van der Waals surface area contributed by atoms with Crippen LogP contribution in [-0.2, 0) is 9.47 Å². The fourth-order valence-corrected chi connectivity index (χ4v) is 1.77. The SMILES string of the molecule is COCCOc1ccc(NCC2CCC=CO2)cn1. The first-order valence-corrected chi connectivity index (χ1v) is 6.50. The Kier molecular flexibility index (Phi) is 5.49. The Morgan fingerprint density at radius 3 is 3.05 bits per heavy atom. The number of anilines is 1. The van der Waals surface area contributed by atoms with Gasteiger partial charge in [-0.2, -0.15) is 0 Å². The number of methoxy groups -OCH3 is 1. The van der Waals surface area contributed by atoms with Crippen LogP contribution in [0.2, 0.25) is 0 Å². The molecule has 1 aliphatic heterocycles. The second kappa shape index (κ2) is 7.63. The van der Waals surface area contributed by atoms with Crippen LogP contribution >= 0.6 is 0 Å². The average Bonchev–Trinajstić information content (AvgIpc) is 2.48. The van der Waals surface area contributed by atoms with Crippen LogP contribution < -0.4 is 10.1 Å². The van der Waals surface area contributed by atoms with Crippen molar-refractivity contribution in [2.24, 2.45) is 0 Å². The van der Waals surface area contributed by atoms with Crippen molar-refractivity contribution in [1.29, 1.82) is 0 Å². The highest BCUT2D eigenvalue weighted by atomic mass is 16.5. The molecule has 0 aliphatic carbocycles. The molecule has 0 radical (unpaired) electrons. The number of hydrogen-bond acceptors (Lipinski definition) is 5.